The standard InChI is InChI=1S/C35H38N4O5S/c1-22(2)5-4-16-44-29-13-11-25(12-14-29)27-18-36-32(37-19-27)26-9-7-24(8-10-26)17-30(34(41)39-20-28(21-39)35(42)43)38-33(40)31-15-6-23(3)45-31/h6-15,18-19,22,28,30H,4-5,16-17,20-21H2,1-3H3,(H,38,40)(H,42,43)/t30-/m0/s1. The summed E-state index contributed by atoms with van der Waals surface area (Å²) in [4.78, 5) is 49.7. The summed E-state index contributed by atoms with van der Waals surface area (Å²) < 4.78 is 5.85. The van der Waals surface area contributed by atoms with E-state index in [0.717, 1.165) is 45.7 Å². The first-order valence-corrected chi connectivity index (χ1v) is 16.0. The summed E-state index contributed by atoms with van der Waals surface area (Å²) in [7, 11) is 0. The van der Waals surface area contributed by atoms with Crippen molar-refractivity contribution in [2.24, 2.45) is 11.8 Å². The van der Waals surface area contributed by atoms with Crippen LogP contribution in [0.1, 0.15) is 46.8 Å². The van der Waals surface area contributed by atoms with Crippen molar-refractivity contribution in [2.45, 2.75) is 46.1 Å². The SMILES string of the molecule is Cc1ccc(C(=O)N[C@@H](Cc2ccc(-c3ncc(-c4ccc(OCCCC(C)C)cc4)cn3)cc2)C(=O)N2CC(C(=O)O)C2)s1. The molecule has 2 amide bonds. The Labute approximate surface area is 267 Å². The number of aromatic nitrogens is 2. The Bertz CT molecular complexity index is 1610. The first kappa shape index (κ1) is 31.8. The molecule has 1 aliphatic rings. The number of nitrogens with zero attached hydrogens (tertiary/aromatic N) is 3. The van der Waals surface area contributed by atoms with Gasteiger partial charge in [-0.1, -0.05) is 50.2 Å². The Balaban J connectivity index is 1.22. The minimum absolute atomic E-state index is 0.140. The molecule has 3 heterocycles. The Morgan fingerprint density at radius 3 is 2.22 bits per heavy atom. The van der Waals surface area contributed by atoms with Gasteiger partial charge in [0.05, 0.1) is 17.4 Å². The van der Waals surface area contributed by atoms with Crippen molar-refractivity contribution >= 4 is 29.1 Å². The van der Waals surface area contributed by atoms with Gasteiger partial charge in [0.1, 0.15) is 11.8 Å². The van der Waals surface area contributed by atoms with E-state index in [-0.39, 0.29) is 31.3 Å². The molecule has 2 aromatic carbocycles. The number of rotatable bonds is 13. The fourth-order valence-electron chi connectivity index (χ4n) is 5.10. The first-order chi connectivity index (χ1) is 21.7. The van der Waals surface area contributed by atoms with Crippen LogP contribution in [0.15, 0.2) is 73.1 Å². The zero-order chi connectivity index (χ0) is 31.9. The molecule has 0 unspecified atom stereocenters. The van der Waals surface area contributed by atoms with Crippen LogP contribution in [0.25, 0.3) is 22.5 Å². The highest BCUT2D eigenvalue weighted by Gasteiger charge is 2.38. The molecule has 1 saturated heterocycles. The molecule has 2 N–H and O–H groups in total. The molecule has 10 heteroatoms. The second-order valence-corrected chi connectivity index (χ2v) is 13.1. The number of nitrogens with one attached hydrogen (secondary N) is 1. The summed E-state index contributed by atoms with van der Waals surface area (Å²) in [5.41, 5.74) is 3.57. The number of hydrogen-bond donors (Lipinski definition) is 2. The van der Waals surface area contributed by atoms with Gasteiger partial charge in [0, 0.05) is 47.9 Å². The zero-order valence-electron chi connectivity index (χ0n) is 25.7. The lowest BCUT2D eigenvalue weighted by atomic mass is 9.97. The van der Waals surface area contributed by atoms with Gasteiger partial charge < -0.3 is 20.1 Å². The zero-order valence-corrected chi connectivity index (χ0v) is 26.5. The molecule has 234 valence electrons. The van der Waals surface area contributed by atoms with Gasteiger partial charge in [0.25, 0.3) is 5.91 Å². The lowest BCUT2D eigenvalue weighted by Crippen LogP contribution is -2.59. The molecule has 1 aliphatic heterocycles. The quantitative estimate of drug-likeness (QED) is 0.178. The molecule has 9 nitrogen and oxygen atoms in total. The van der Waals surface area contributed by atoms with Crippen molar-refractivity contribution in [2.75, 3.05) is 19.7 Å². The molecule has 0 saturated carbocycles. The maximum atomic E-state index is 13.3. The average molecular weight is 627 g/mol. The number of hydrogen-bond acceptors (Lipinski definition) is 7. The van der Waals surface area contributed by atoms with Crippen molar-refractivity contribution in [3.63, 3.8) is 0 Å². The Morgan fingerprint density at radius 2 is 1.62 bits per heavy atom. The maximum Gasteiger partial charge on any atom is 0.310 e. The van der Waals surface area contributed by atoms with Gasteiger partial charge in [0.15, 0.2) is 5.82 Å². The summed E-state index contributed by atoms with van der Waals surface area (Å²) in [6.45, 7) is 7.33. The van der Waals surface area contributed by atoms with Crippen molar-refractivity contribution in [3.8, 4) is 28.3 Å². The van der Waals surface area contributed by atoms with Crippen LogP contribution < -0.4 is 10.1 Å². The maximum absolute atomic E-state index is 13.3. The van der Waals surface area contributed by atoms with E-state index >= 15 is 0 Å². The van der Waals surface area contributed by atoms with Crippen LogP contribution >= 0.6 is 11.3 Å². The second kappa shape index (κ2) is 14.5. The van der Waals surface area contributed by atoms with E-state index in [1.807, 2.05) is 61.5 Å². The Kier molecular flexibility index (Phi) is 10.2. The van der Waals surface area contributed by atoms with Crippen LogP contribution in [0.2, 0.25) is 0 Å². The van der Waals surface area contributed by atoms with Crippen LogP contribution in [0.4, 0.5) is 0 Å². The largest absolute Gasteiger partial charge is 0.494 e. The van der Waals surface area contributed by atoms with Crippen molar-refractivity contribution in [3.05, 3.63) is 88.4 Å². The molecular formula is C35H38N4O5S. The molecule has 2 aromatic heterocycles. The molecule has 0 spiro atoms. The van der Waals surface area contributed by atoms with E-state index in [1.54, 1.807) is 18.5 Å². The van der Waals surface area contributed by atoms with E-state index in [9.17, 15) is 19.5 Å². The summed E-state index contributed by atoms with van der Waals surface area (Å²) in [6.07, 6.45) is 6.04. The Morgan fingerprint density at radius 1 is 0.956 bits per heavy atom. The number of carbonyl (C=O) groups excluding carboxylic acids is 2. The minimum Gasteiger partial charge on any atom is -0.494 e. The van der Waals surface area contributed by atoms with Crippen molar-refractivity contribution < 1.29 is 24.2 Å². The smallest absolute Gasteiger partial charge is 0.310 e. The first-order valence-electron chi connectivity index (χ1n) is 15.2. The monoisotopic (exact) mass is 626 g/mol. The van der Waals surface area contributed by atoms with Crippen molar-refractivity contribution in [1.29, 1.82) is 0 Å². The predicted molar refractivity (Wildman–Crippen MR) is 174 cm³/mol. The Hall–Kier alpha value is -4.57. The van der Waals surface area contributed by atoms with Gasteiger partial charge in [0.2, 0.25) is 5.91 Å². The molecule has 5 rings (SSSR count). The molecule has 4 aromatic rings. The highest BCUT2D eigenvalue weighted by Crippen LogP contribution is 2.25. The number of aryl methyl sites for hydroxylation is 1. The third-order valence-electron chi connectivity index (χ3n) is 7.80. The second-order valence-electron chi connectivity index (χ2n) is 11.8. The number of carbonyl (C=O) groups is 3. The van der Waals surface area contributed by atoms with Crippen molar-refractivity contribution in [1.82, 2.24) is 20.2 Å². The lowest BCUT2D eigenvalue weighted by molar-refractivity contribution is -0.153. The molecule has 0 bridgehead atoms. The van der Waals surface area contributed by atoms with E-state index < -0.39 is 17.9 Å². The molecule has 1 atom stereocenters. The van der Waals surface area contributed by atoms with E-state index in [1.165, 1.54) is 16.2 Å². The van der Waals surface area contributed by atoms with Gasteiger partial charge >= 0.3 is 5.97 Å². The van der Waals surface area contributed by atoms with Crippen LogP contribution in [0.3, 0.4) is 0 Å². The van der Waals surface area contributed by atoms with E-state index in [4.69, 9.17) is 4.74 Å². The number of carboxylic acid groups (broad SMARTS) is 1. The fraction of sp³-hybridized carbons (Fsp3) is 0.343. The van der Waals surface area contributed by atoms with Crippen LogP contribution in [0.5, 0.6) is 5.75 Å². The average Bonchev–Trinajstić information content (AvgIpc) is 3.45. The molecule has 0 radical (unpaired) electrons. The van der Waals surface area contributed by atoms with Gasteiger partial charge in [-0.05, 0) is 61.1 Å². The predicted octanol–water partition coefficient (Wildman–Crippen LogP) is 5.88. The highest BCUT2D eigenvalue weighted by molar-refractivity contribution is 7.13. The van der Waals surface area contributed by atoms with Crippen LogP contribution in [0, 0.1) is 18.8 Å². The molecule has 45 heavy (non-hydrogen) atoms. The molecular weight excluding hydrogens is 588 g/mol. The summed E-state index contributed by atoms with van der Waals surface area (Å²) in [5, 5.41) is 12.1. The third-order valence-corrected chi connectivity index (χ3v) is 8.80. The van der Waals surface area contributed by atoms with E-state index in [2.05, 4.69) is 29.1 Å². The normalized spacial score (nSPS) is 13.7. The van der Waals surface area contributed by atoms with Gasteiger partial charge in [-0.2, -0.15) is 0 Å². The topological polar surface area (TPSA) is 122 Å². The summed E-state index contributed by atoms with van der Waals surface area (Å²) in [5.74, 6) is -0.0152. The van der Waals surface area contributed by atoms with Gasteiger partial charge in [-0.15, -0.1) is 11.3 Å². The summed E-state index contributed by atoms with van der Waals surface area (Å²) >= 11 is 1.36. The van der Waals surface area contributed by atoms with E-state index in [0.29, 0.717) is 23.2 Å². The number of likely N-dealkylation sites (tertiary alicyclic amines) is 1. The van der Waals surface area contributed by atoms with Crippen LogP contribution in [-0.2, 0) is 16.0 Å². The number of amides is 2. The minimum atomic E-state index is -0.921. The fourth-order valence-corrected chi connectivity index (χ4v) is 5.87. The molecule has 0 aliphatic carbocycles. The van der Waals surface area contributed by atoms with Gasteiger partial charge in [-0.3, -0.25) is 14.4 Å². The van der Waals surface area contributed by atoms with Gasteiger partial charge in [-0.25, -0.2) is 9.97 Å². The molecule has 1 fully saturated rings. The number of aliphatic carboxylic acids is 1. The number of ether oxygens (including phenoxy) is 1. The number of thiophene rings is 1. The van der Waals surface area contributed by atoms with Crippen LogP contribution in [-0.4, -0.2) is 63.5 Å². The highest BCUT2D eigenvalue weighted by atomic mass is 32.1. The third kappa shape index (κ3) is 8.33. The number of benzene rings is 2. The number of carboxylic acids is 1. The lowest BCUT2D eigenvalue weighted by Gasteiger charge is -2.38. The summed E-state index contributed by atoms with van der Waals surface area (Å²) in [6, 6.07) is 18.3.